The van der Waals surface area contributed by atoms with E-state index in [-0.39, 0.29) is 12.2 Å². The zero-order valence-corrected chi connectivity index (χ0v) is 17.3. The molecule has 0 saturated heterocycles. The molecule has 1 heterocycles. The number of carbonyl (C=O) groups is 1. The number of allylic oxidation sites excluding steroid dienone is 2. The summed E-state index contributed by atoms with van der Waals surface area (Å²) >= 11 is 0. The molecule has 0 spiro atoms. The van der Waals surface area contributed by atoms with Crippen LogP contribution in [-0.4, -0.2) is 53.7 Å². The second-order valence-corrected chi connectivity index (χ2v) is 7.20. The van der Waals surface area contributed by atoms with Crippen molar-refractivity contribution in [2.75, 3.05) is 0 Å². The van der Waals surface area contributed by atoms with Crippen molar-refractivity contribution in [2.45, 2.75) is 25.0 Å². The van der Waals surface area contributed by atoms with Crippen molar-refractivity contribution in [3.05, 3.63) is 89.5 Å². The van der Waals surface area contributed by atoms with Crippen molar-refractivity contribution in [3.8, 4) is 0 Å². The number of tetrazole rings is 1. The van der Waals surface area contributed by atoms with Gasteiger partial charge < -0.3 is 15.3 Å². The van der Waals surface area contributed by atoms with Crippen LogP contribution in [0.4, 0.5) is 4.39 Å². The molecule has 0 aliphatic heterocycles. The van der Waals surface area contributed by atoms with Gasteiger partial charge in [-0.1, -0.05) is 54.6 Å². The Balaban J connectivity index is 2.11. The molecule has 0 bridgehead atoms. The lowest BCUT2D eigenvalue weighted by Crippen LogP contribution is -2.19. The number of aromatic nitrogens is 4. The van der Waals surface area contributed by atoms with E-state index in [2.05, 4.69) is 15.5 Å². The van der Waals surface area contributed by atoms with Gasteiger partial charge in [0.15, 0.2) is 5.82 Å². The number of aliphatic hydroxyl groups excluding tert-OH is 2. The summed E-state index contributed by atoms with van der Waals surface area (Å²) in [5.41, 5.74) is 2.79. The van der Waals surface area contributed by atoms with E-state index in [4.69, 9.17) is 5.11 Å². The Labute approximate surface area is 184 Å². The highest BCUT2D eigenvalue weighted by molar-refractivity contribution is 6.00. The predicted octanol–water partition coefficient (Wildman–Crippen LogP) is 2.45. The van der Waals surface area contributed by atoms with E-state index in [9.17, 15) is 19.4 Å². The number of rotatable bonds is 9. The van der Waals surface area contributed by atoms with Crippen molar-refractivity contribution in [1.29, 1.82) is 0 Å². The molecule has 166 valence electrons. The van der Waals surface area contributed by atoms with Crippen LogP contribution in [0.2, 0.25) is 0 Å². The Bertz CT molecular complexity index is 1110. The monoisotopic (exact) mass is 438 g/mol. The van der Waals surface area contributed by atoms with E-state index in [1.54, 1.807) is 25.3 Å². The first-order valence-corrected chi connectivity index (χ1v) is 9.89. The summed E-state index contributed by atoms with van der Waals surface area (Å²) in [4.78, 5) is 10.8. The number of aryl methyl sites for hydroxylation is 1. The molecule has 0 aliphatic rings. The first-order valence-electron chi connectivity index (χ1n) is 9.89. The number of carboxylic acid groups (broad SMARTS) is 1. The highest BCUT2D eigenvalue weighted by Crippen LogP contribution is 2.32. The normalized spacial score (nSPS) is 14.2. The third-order valence-electron chi connectivity index (χ3n) is 4.73. The lowest BCUT2D eigenvalue weighted by molar-refractivity contribution is -0.139. The molecule has 9 heteroatoms. The van der Waals surface area contributed by atoms with Crippen LogP contribution in [0.3, 0.4) is 0 Å². The molecule has 3 rings (SSSR count). The molecule has 2 atom stereocenters. The summed E-state index contributed by atoms with van der Waals surface area (Å²) in [6, 6.07) is 15.4. The molecule has 0 fully saturated rings. The maximum absolute atomic E-state index is 13.6. The van der Waals surface area contributed by atoms with Gasteiger partial charge in [-0.15, -0.1) is 5.10 Å². The fourth-order valence-corrected chi connectivity index (χ4v) is 3.28. The summed E-state index contributed by atoms with van der Waals surface area (Å²) < 4.78 is 15.1. The van der Waals surface area contributed by atoms with Crippen LogP contribution < -0.4 is 0 Å². The summed E-state index contributed by atoms with van der Waals surface area (Å²) in [5.74, 6) is -1.12. The molecular weight excluding hydrogens is 415 g/mol. The molecule has 0 radical (unpaired) electrons. The highest BCUT2D eigenvalue weighted by atomic mass is 19.1. The quantitative estimate of drug-likeness (QED) is 0.439. The third kappa shape index (κ3) is 5.93. The smallest absolute Gasteiger partial charge is 0.305 e. The van der Waals surface area contributed by atoms with Gasteiger partial charge in [0.05, 0.1) is 18.6 Å². The number of nitrogens with zero attached hydrogens (tertiary/aromatic N) is 4. The van der Waals surface area contributed by atoms with Crippen LogP contribution in [0.25, 0.3) is 11.1 Å². The van der Waals surface area contributed by atoms with Crippen LogP contribution in [0.1, 0.15) is 29.8 Å². The molecule has 32 heavy (non-hydrogen) atoms. The number of carboxylic acids is 1. The van der Waals surface area contributed by atoms with Gasteiger partial charge in [0.1, 0.15) is 5.82 Å². The third-order valence-corrected chi connectivity index (χ3v) is 4.73. The minimum absolute atomic E-state index is 0.148. The van der Waals surface area contributed by atoms with E-state index < -0.39 is 24.6 Å². The van der Waals surface area contributed by atoms with Crippen LogP contribution in [-0.2, 0) is 11.8 Å². The first-order chi connectivity index (χ1) is 15.3. The molecule has 1 aromatic heterocycles. The fourth-order valence-electron chi connectivity index (χ4n) is 3.28. The topological polar surface area (TPSA) is 121 Å². The van der Waals surface area contributed by atoms with Gasteiger partial charge in [-0.2, -0.15) is 0 Å². The summed E-state index contributed by atoms with van der Waals surface area (Å²) in [7, 11) is 1.67. The Morgan fingerprint density at radius 2 is 1.75 bits per heavy atom. The standard InChI is InChI=1S/C23H23FN4O4/c1-28-23(25-26-27-28)20(12-11-18(29)13-19(30)14-21(31)32)22(15-5-3-2-4-6-15)16-7-9-17(24)10-8-16/h2-12,18-19,29-30H,13-14H2,1H3,(H,31,32)/b12-11+,22-20+/t18-,19-/m1/s1. The van der Waals surface area contributed by atoms with Crippen molar-refractivity contribution in [1.82, 2.24) is 20.2 Å². The molecule has 0 unspecified atom stereocenters. The van der Waals surface area contributed by atoms with Gasteiger partial charge >= 0.3 is 5.97 Å². The summed E-state index contributed by atoms with van der Waals surface area (Å²) in [6.07, 6.45) is 0.153. The predicted molar refractivity (Wildman–Crippen MR) is 116 cm³/mol. The Hall–Kier alpha value is -3.69. The Kier molecular flexibility index (Phi) is 7.58. The minimum Gasteiger partial charge on any atom is -0.481 e. The zero-order valence-electron chi connectivity index (χ0n) is 17.3. The summed E-state index contributed by atoms with van der Waals surface area (Å²) in [5, 5.41) is 40.6. The van der Waals surface area contributed by atoms with Gasteiger partial charge in [-0.05, 0) is 39.3 Å². The zero-order chi connectivity index (χ0) is 23.1. The molecule has 3 aromatic rings. The van der Waals surface area contributed by atoms with Gasteiger partial charge in [0, 0.05) is 19.0 Å². The molecule has 0 amide bonds. The number of hydrogen-bond acceptors (Lipinski definition) is 6. The van der Waals surface area contributed by atoms with Crippen molar-refractivity contribution in [3.63, 3.8) is 0 Å². The maximum atomic E-state index is 13.6. The first kappa shape index (κ1) is 23.0. The van der Waals surface area contributed by atoms with Crippen LogP contribution in [0, 0.1) is 5.82 Å². The number of halogens is 1. The number of aliphatic carboxylic acids is 1. The average Bonchev–Trinajstić information content (AvgIpc) is 3.17. The van der Waals surface area contributed by atoms with E-state index >= 15 is 0 Å². The van der Waals surface area contributed by atoms with Crippen LogP contribution in [0.15, 0.2) is 66.7 Å². The average molecular weight is 438 g/mol. The van der Waals surface area contributed by atoms with Crippen molar-refractivity contribution in [2.24, 2.45) is 7.05 Å². The Morgan fingerprint density at radius 3 is 2.34 bits per heavy atom. The molecule has 8 nitrogen and oxygen atoms in total. The largest absolute Gasteiger partial charge is 0.481 e. The van der Waals surface area contributed by atoms with Gasteiger partial charge in [-0.3, -0.25) is 4.79 Å². The second-order valence-electron chi connectivity index (χ2n) is 7.20. The molecule has 2 aromatic carbocycles. The van der Waals surface area contributed by atoms with Crippen LogP contribution >= 0.6 is 0 Å². The molecular formula is C23H23FN4O4. The van der Waals surface area contributed by atoms with E-state index in [0.717, 1.165) is 5.56 Å². The summed E-state index contributed by atoms with van der Waals surface area (Å²) in [6.45, 7) is 0. The number of benzene rings is 2. The second kappa shape index (κ2) is 10.6. The van der Waals surface area contributed by atoms with Gasteiger partial charge in [0.25, 0.3) is 0 Å². The molecule has 0 aliphatic carbocycles. The van der Waals surface area contributed by atoms with Crippen molar-refractivity contribution >= 4 is 17.1 Å². The van der Waals surface area contributed by atoms with Crippen molar-refractivity contribution < 1.29 is 24.5 Å². The maximum Gasteiger partial charge on any atom is 0.305 e. The highest BCUT2D eigenvalue weighted by Gasteiger charge is 2.18. The Morgan fingerprint density at radius 1 is 1.09 bits per heavy atom. The molecule has 3 N–H and O–H groups in total. The minimum atomic E-state index is -1.19. The molecule has 0 saturated carbocycles. The number of hydrogen-bond donors (Lipinski definition) is 3. The SMILES string of the molecule is Cn1nnnc1C(/C=C/[C@@H](O)C[C@@H](O)CC(=O)O)=C(\c1ccccc1)c1ccc(F)cc1. The lowest BCUT2D eigenvalue weighted by atomic mass is 9.92. The number of aliphatic hydroxyl groups is 2. The van der Waals surface area contributed by atoms with E-state index in [1.807, 2.05) is 30.3 Å². The van der Waals surface area contributed by atoms with Crippen LogP contribution in [0.5, 0.6) is 0 Å². The van der Waals surface area contributed by atoms with E-state index in [1.165, 1.54) is 22.9 Å². The fraction of sp³-hybridized carbons (Fsp3) is 0.217. The van der Waals surface area contributed by atoms with Gasteiger partial charge in [0.2, 0.25) is 0 Å². The lowest BCUT2D eigenvalue weighted by Gasteiger charge is -2.15. The van der Waals surface area contributed by atoms with E-state index in [0.29, 0.717) is 22.5 Å². The van der Waals surface area contributed by atoms with Gasteiger partial charge in [-0.25, -0.2) is 9.07 Å².